The summed E-state index contributed by atoms with van der Waals surface area (Å²) in [6.45, 7) is 0. The SMILES string of the molecule is COC(=O)Nc1ccc(-c2cnc3ccc(-c4ncoc4-c4ccc(F)c(OC)c4)cn23)cn1. The molecule has 0 spiro atoms. The molecule has 0 aliphatic rings. The zero-order valence-corrected chi connectivity index (χ0v) is 18.2. The van der Waals surface area contributed by atoms with Gasteiger partial charge in [-0.2, -0.15) is 0 Å². The van der Waals surface area contributed by atoms with Crippen LogP contribution in [0.5, 0.6) is 5.75 Å². The predicted octanol–water partition coefficient (Wildman–Crippen LogP) is 5.04. The third kappa shape index (κ3) is 3.81. The Hall–Kier alpha value is -4.73. The van der Waals surface area contributed by atoms with Crippen molar-refractivity contribution < 1.29 is 23.1 Å². The summed E-state index contributed by atoms with van der Waals surface area (Å²) in [5.41, 5.74) is 4.31. The van der Waals surface area contributed by atoms with Gasteiger partial charge in [0, 0.05) is 29.1 Å². The van der Waals surface area contributed by atoms with Crippen LogP contribution in [-0.4, -0.2) is 39.7 Å². The number of anilines is 1. The molecular weight excluding hydrogens is 441 g/mol. The van der Waals surface area contributed by atoms with E-state index in [1.807, 2.05) is 28.8 Å². The Morgan fingerprint density at radius 1 is 1.00 bits per heavy atom. The number of imidazole rings is 1. The van der Waals surface area contributed by atoms with Crippen LogP contribution in [0.1, 0.15) is 0 Å². The van der Waals surface area contributed by atoms with E-state index in [1.165, 1.54) is 26.7 Å². The van der Waals surface area contributed by atoms with Crippen molar-refractivity contribution in [2.24, 2.45) is 0 Å². The van der Waals surface area contributed by atoms with Crippen molar-refractivity contribution in [3.8, 4) is 39.6 Å². The standard InChI is InChI=1S/C24H18FN5O4/c1-32-19-9-14(3-6-17(19)25)23-22(28-13-34-23)16-5-8-21-27-11-18(30(21)12-16)15-4-7-20(26-10-15)29-24(31)33-2/h3-13H,1-2H3,(H,26,29,31). The number of ether oxygens (including phenoxy) is 2. The summed E-state index contributed by atoms with van der Waals surface area (Å²) in [4.78, 5) is 24.5. The molecule has 0 aliphatic heterocycles. The maximum atomic E-state index is 13.9. The summed E-state index contributed by atoms with van der Waals surface area (Å²) in [6.07, 6.45) is 6.00. The number of methoxy groups -OCH3 is 2. The number of carbonyl (C=O) groups is 1. The first-order chi connectivity index (χ1) is 16.6. The molecule has 0 radical (unpaired) electrons. The molecule has 0 atom stereocenters. The minimum atomic E-state index is -0.595. The molecule has 1 aromatic carbocycles. The predicted molar refractivity (Wildman–Crippen MR) is 122 cm³/mol. The molecule has 170 valence electrons. The van der Waals surface area contributed by atoms with Crippen LogP contribution >= 0.6 is 0 Å². The van der Waals surface area contributed by atoms with Crippen molar-refractivity contribution in [2.75, 3.05) is 19.5 Å². The second-order valence-corrected chi connectivity index (χ2v) is 7.22. The van der Waals surface area contributed by atoms with Crippen LogP contribution < -0.4 is 10.1 Å². The third-order valence-corrected chi connectivity index (χ3v) is 5.23. The molecule has 34 heavy (non-hydrogen) atoms. The Labute approximate surface area is 192 Å². The van der Waals surface area contributed by atoms with Crippen LogP contribution in [0.4, 0.5) is 15.0 Å². The van der Waals surface area contributed by atoms with Gasteiger partial charge in [-0.1, -0.05) is 0 Å². The Kier molecular flexibility index (Phi) is 5.38. The second-order valence-electron chi connectivity index (χ2n) is 7.22. The first-order valence-electron chi connectivity index (χ1n) is 10.1. The van der Waals surface area contributed by atoms with Crippen LogP contribution in [0.2, 0.25) is 0 Å². The van der Waals surface area contributed by atoms with Gasteiger partial charge in [-0.3, -0.25) is 9.72 Å². The van der Waals surface area contributed by atoms with Gasteiger partial charge in [-0.25, -0.2) is 24.1 Å². The number of hydrogen-bond donors (Lipinski definition) is 1. The Morgan fingerprint density at radius 2 is 1.82 bits per heavy atom. The second kappa shape index (κ2) is 8.66. The van der Waals surface area contributed by atoms with E-state index in [9.17, 15) is 9.18 Å². The van der Waals surface area contributed by atoms with Crippen LogP contribution in [0.25, 0.3) is 39.5 Å². The number of benzene rings is 1. The normalized spacial score (nSPS) is 10.9. The number of oxazole rings is 1. The van der Waals surface area contributed by atoms with Crippen molar-refractivity contribution >= 4 is 17.6 Å². The third-order valence-electron chi connectivity index (χ3n) is 5.23. The monoisotopic (exact) mass is 459 g/mol. The molecule has 0 aliphatic carbocycles. The zero-order chi connectivity index (χ0) is 23.7. The number of aromatic nitrogens is 4. The first kappa shape index (κ1) is 21.1. The van der Waals surface area contributed by atoms with Gasteiger partial charge in [0.2, 0.25) is 0 Å². The Bertz CT molecular complexity index is 1490. The summed E-state index contributed by atoms with van der Waals surface area (Å²) in [6, 6.07) is 11.7. The highest BCUT2D eigenvalue weighted by molar-refractivity contribution is 5.83. The van der Waals surface area contributed by atoms with Crippen molar-refractivity contribution in [3.63, 3.8) is 0 Å². The van der Waals surface area contributed by atoms with E-state index >= 15 is 0 Å². The number of halogens is 1. The number of nitrogens with zero attached hydrogens (tertiary/aromatic N) is 4. The lowest BCUT2D eigenvalue weighted by Gasteiger charge is -2.08. The van der Waals surface area contributed by atoms with Crippen LogP contribution in [0, 0.1) is 5.82 Å². The molecule has 0 unspecified atom stereocenters. The number of hydrogen-bond acceptors (Lipinski definition) is 7. The summed E-state index contributed by atoms with van der Waals surface area (Å²) in [5, 5.41) is 2.52. The van der Waals surface area contributed by atoms with Crippen molar-refractivity contribution in [2.45, 2.75) is 0 Å². The lowest BCUT2D eigenvalue weighted by Crippen LogP contribution is -2.11. The van der Waals surface area contributed by atoms with E-state index in [0.29, 0.717) is 22.8 Å². The highest BCUT2D eigenvalue weighted by Crippen LogP contribution is 2.34. The van der Waals surface area contributed by atoms with Crippen molar-refractivity contribution in [3.05, 3.63) is 73.3 Å². The van der Waals surface area contributed by atoms with Gasteiger partial charge in [0.1, 0.15) is 17.2 Å². The first-order valence-corrected chi connectivity index (χ1v) is 10.1. The van der Waals surface area contributed by atoms with Gasteiger partial charge in [-0.05, 0) is 42.5 Å². The molecule has 10 heteroatoms. The maximum Gasteiger partial charge on any atom is 0.412 e. The molecule has 4 heterocycles. The average Bonchev–Trinajstić information content (AvgIpc) is 3.52. The molecule has 9 nitrogen and oxygen atoms in total. The highest BCUT2D eigenvalue weighted by atomic mass is 19.1. The van der Waals surface area contributed by atoms with E-state index in [4.69, 9.17) is 9.15 Å². The summed E-state index contributed by atoms with van der Waals surface area (Å²) in [5.74, 6) is 0.509. The average molecular weight is 459 g/mol. The number of amides is 1. The zero-order valence-electron chi connectivity index (χ0n) is 18.2. The van der Waals surface area contributed by atoms with Gasteiger partial charge in [0.05, 0.1) is 26.1 Å². The van der Waals surface area contributed by atoms with Gasteiger partial charge in [0.25, 0.3) is 0 Å². The molecule has 0 fully saturated rings. The maximum absolute atomic E-state index is 13.9. The van der Waals surface area contributed by atoms with E-state index in [2.05, 4.69) is 25.0 Å². The van der Waals surface area contributed by atoms with Gasteiger partial charge in [-0.15, -0.1) is 0 Å². The summed E-state index contributed by atoms with van der Waals surface area (Å²) in [7, 11) is 2.69. The largest absolute Gasteiger partial charge is 0.494 e. The van der Waals surface area contributed by atoms with Gasteiger partial charge in [0.15, 0.2) is 23.7 Å². The van der Waals surface area contributed by atoms with E-state index in [1.54, 1.807) is 30.6 Å². The number of fused-ring (bicyclic) bond motifs is 1. The topological polar surface area (TPSA) is 104 Å². The molecule has 5 aromatic rings. The number of nitrogens with one attached hydrogen (secondary N) is 1. The van der Waals surface area contributed by atoms with E-state index < -0.39 is 11.9 Å². The van der Waals surface area contributed by atoms with E-state index in [0.717, 1.165) is 22.5 Å². The molecule has 4 aromatic heterocycles. The van der Waals surface area contributed by atoms with Crippen molar-refractivity contribution in [1.29, 1.82) is 0 Å². The van der Waals surface area contributed by atoms with Crippen LogP contribution in [0.3, 0.4) is 0 Å². The number of carbonyl (C=O) groups excluding carboxylic acids is 1. The van der Waals surface area contributed by atoms with Crippen molar-refractivity contribution in [1.82, 2.24) is 19.4 Å². The molecule has 0 saturated heterocycles. The molecule has 0 bridgehead atoms. The summed E-state index contributed by atoms with van der Waals surface area (Å²) < 4.78 is 31.1. The Balaban J connectivity index is 1.53. The highest BCUT2D eigenvalue weighted by Gasteiger charge is 2.17. The molecule has 1 N–H and O–H groups in total. The van der Waals surface area contributed by atoms with E-state index in [-0.39, 0.29) is 5.75 Å². The Morgan fingerprint density at radius 3 is 2.59 bits per heavy atom. The summed E-state index contributed by atoms with van der Waals surface area (Å²) >= 11 is 0. The fraction of sp³-hybridized carbons (Fsp3) is 0.0833. The lowest BCUT2D eigenvalue weighted by atomic mass is 10.1. The minimum absolute atomic E-state index is 0.116. The van der Waals surface area contributed by atoms with Gasteiger partial charge >= 0.3 is 6.09 Å². The minimum Gasteiger partial charge on any atom is -0.494 e. The quantitative estimate of drug-likeness (QED) is 0.392. The smallest absolute Gasteiger partial charge is 0.412 e. The molecule has 1 amide bonds. The van der Waals surface area contributed by atoms with Gasteiger partial charge < -0.3 is 13.9 Å². The fourth-order valence-corrected chi connectivity index (χ4v) is 3.57. The lowest BCUT2D eigenvalue weighted by molar-refractivity contribution is 0.187. The van der Waals surface area contributed by atoms with Crippen LogP contribution in [0.15, 0.2) is 71.9 Å². The molecule has 5 rings (SSSR count). The molecule has 0 saturated carbocycles. The van der Waals surface area contributed by atoms with Crippen LogP contribution in [-0.2, 0) is 4.74 Å². The number of rotatable bonds is 5. The number of pyridine rings is 2. The molecular formula is C24H18FN5O4. The fourth-order valence-electron chi connectivity index (χ4n) is 3.57.